The molecule has 2 unspecified atom stereocenters. The fourth-order valence-corrected chi connectivity index (χ4v) is 2.93. The maximum Gasteiger partial charge on any atom is 0.308 e. The number of carbonyl (C=O) groups is 2. The highest BCUT2D eigenvalue weighted by Gasteiger charge is 2.31. The maximum atomic E-state index is 12.4. The third-order valence-corrected chi connectivity index (χ3v) is 4.17. The average molecular weight is 293 g/mol. The summed E-state index contributed by atoms with van der Waals surface area (Å²) in [6.07, 6.45) is 5.02. The molecule has 116 valence electrons. The van der Waals surface area contributed by atoms with Gasteiger partial charge >= 0.3 is 5.97 Å². The molecule has 1 aliphatic rings. The highest BCUT2D eigenvalue weighted by molar-refractivity contribution is 5.93. The molecule has 1 heterocycles. The summed E-state index contributed by atoms with van der Waals surface area (Å²) in [6, 6.07) is 1.47. The van der Waals surface area contributed by atoms with Crippen LogP contribution in [0.5, 0.6) is 0 Å². The minimum atomic E-state index is -0.818. The Kier molecular flexibility index (Phi) is 4.98. The molecule has 1 aliphatic carbocycles. The van der Waals surface area contributed by atoms with E-state index in [-0.39, 0.29) is 11.9 Å². The van der Waals surface area contributed by atoms with Gasteiger partial charge in [0.15, 0.2) is 0 Å². The molecule has 1 fully saturated rings. The lowest BCUT2D eigenvalue weighted by molar-refractivity contribution is -0.142. The van der Waals surface area contributed by atoms with Crippen LogP contribution in [0.25, 0.3) is 0 Å². The van der Waals surface area contributed by atoms with Crippen molar-refractivity contribution in [2.75, 3.05) is 0 Å². The summed E-state index contributed by atoms with van der Waals surface area (Å²) >= 11 is 0. The van der Waals surface area contributed by atoms with Crippen LogP contribution in [0.15, 0.2) is 6.07 Å². The van der Waals surface area contributed by atoms with E-state index in [0.717, 1.165) is 37.8 Å². The Morgan fingerprint density at radius 3 is 2.71 bits per heavy atom. The minimum absolute atomic E-state index is 0.233. The molecule has 1 saturated carbocycles. The number of hydrogen-bond acceptors (Lipinski definition) is 3. The largest absolute Gasteiger partial charge is 0.481 e. The Morgan fingerprint density at radius 1 is 1.38 bits per heavy atom. The SMILES string of the molecule is CCc1cc(C(=O)NC2CCCCCC2C(=O)O)n(C)n1. The molecule has 0 aromatic carbocycles. The molecular formula is C15H23N3O3. The Balaban J connectivity index is 2.12. The van der Waals surface area contributed by atoms with E-state index in [1.54, 1.807) is 17.8 Å². The number of carboxylic acid groups (broad SMARTS) is 1. The molecule has 1 aromatic heterocycles. The fourth-order valence-electron chi connectivity index (χ4n) is 2.93. The molecule has 2 atom stereocenters. The third-order valence-electron chi connectivity index (χ3n) is 4.17. The van der Waals surface area contributed by atoms with Crippen molar-refractivity contribution in [3.8, 4) is 0 Å². The number of aliphatic carboxylic acids is 1. The summed E-state index contributed by atoms with van der Waals surface area (Å²) in [6.45, 7) is 1.98. The molecule has 0 radical (unpaired) electrons. The summed E-state index contributed by atoms with van der Waals surface area (Å²) in [5.74, 6) is -1.54. The van der Waals surface area contributed by atoms with Crippen molar-refractivity contribution in [1.82, 2.24) is 15.1 Å². The van der Waals surface area contributed by atoms with Crippen LogP contribution in [0.2, 0.25) is 0 Å². The lowest BCUT2D eigenvalue weighted by Gasteiger charge is -2.22. The number of nitrogens with one attached hydrogen (secondary N) is 1. The number of carbonyl (C=O) groups excluding carboxylic acids is 1. The van der Waals surface area contributed by atoms with Crippen molar-refractivity contribution < 1.29 is 14.7 Å². The predicted octanol–water partition coefficient (Wildman–Crippen LogP) is 1.75. The summed E-state index contributed by atoms with van der Waals surface area (Å²) in [4.78, 5) is 23.8. The van der Waals surface area contributed by atoms with E-state index < -0.39 is 11.9 Å². The quantitative estimate of drug-likeness (QED) is 0.828. The Labute approximate surface area is 124 Å². The van der Waals surface area contributed by atoms with E-state index in [2.05, 4.69) is 10.4 Å². The Hall–Kier alpha value is -1.85. The van der Waals surface area contributed by atoms with Crippen molar-refractivity contribution in [2.45, 2.75) is 51.5 Å². The zero-order valence-electron chi connectivity index (χ0n) is 12.6. The highest BCUT2D eigenvalue weighted by Crippen LogP contribution is 2.24. The van der Waals surface area contributed by atoms with Crippen LogP contribution >= 0.6 is 0 Å². The first-order valence-corrected chi connectivity index (χ1v) is 7.59. The van der Waals surface area contributed by atoms with Crippen LogP contribution in [0.4, 0.5) is 0 Å². The van der Waals surface area contributed by atoms with E-state index >= 15 is 0 Å². The summed E-state index contributed by atoms with van der Waals surface area (Å²) in [7, 11) is 1.73. The van der Waals surface area contributed by atoms with Gasteiger partial charge < -0.3 is 10.4 Å². The standard InChI is InChI=1S/C15H23N3O3/c1-3-10-9-13(18(2)17-10)14(19)16-12-8-6-4-5-7-11(12)15(20)21/h9,11-12H,3-8H2,1-2H3,(H,16,19)(H,20,21). The number of carboxylic acids is 1. The van der Waals surface area contributed by atoms with Crippen LogP contribution in [-0.4, -0.2) is 32.8 Å². The molecule has 1 amide bonds. The van der Waals surface area contributed by atoms with Crippen molar-refractivity contribution in [3.05, 3.63) is 17.5 Å². The van der Waals surface area contributed by atoms with Gasteiger partial charge in [0.2, 0.25) is 0 Å². The topological polar surface area (TPSA) is 84.2 Å². The van der Waals surface area contributed by atoms with Crippen molar-refractivity contribution in [1.29, 1.82) is 0 Å². The number of aromatic nitrogens is 2. The number of aryl methyl sites for hydroxylation is 2. The minimum Gasteiger partial charge on any atom is -0.481 e. The zero-order chi connectivity index (χ0) is 15.4. The predicted molar refractivity (Wildman–Crippen MR) is 78.1 cm³/mol. The lowest BCUT2D eigenvalue weighted by atomic mass is 9.95. The molecule has 0 spiro atoms. The monoisotopic (exact) mass is 293 g/mol. The van der Waals surface area contributed by atoms with Crippen molar-refractivity contribution in [3.63, 3.8) is 0 Å². The van der Waals surface area contributed by atoms with Gasteiger partial charge in [-0.3, -0.25) is 14.3 Å². The van der Waals surface area contributed by atoms with Gasteiger partial charge in [-0.05, 0) is 25.3 Å². The van der Waals surface area contributed by atoms with E-state index in [1.165, 1.54) is 0 Å². The molecule has 6 nitrogen and oxygen atoms in total. The van der Waals surface area contributed by atoms with Crippen molar-refractivity contribution in [2.24, 2.45) is 13.0 Å². The first kappa shape index (κ1) is 15.5. The zero-order valence-corrected chi connectivity index (χ0v) is 12.6. The normalized spacial score (nSPS) is 22.6. The Morgan fingerprint density at radius 2 is 2.10 bits per heavy atom. The van der Waals surface area contributed by atoms with Crippen LogP contribution in [0.3, 0.4) is 0 Å². The second kappa shape index (κ2) is 6.74. The van der Waals surface area contributed by atoms with Gasteiger partial charge in [-0.2, -0.15) is 5.10 Å². The molecule has 2 rings (SSSR count). The van der Waals surface area contributed by atoms with E-state index in [0.29, 0.717) is 12.1 Å². The fraction of sp³-hybridized carbons (Fsp3) is 0.667. The third kappa shape index (κ3) is 3.62. The summed E-state index contributed by atoms with van der Waals surface area (Å²) in [5.41, 5.74) is 1.35. The van der Waals surface area contributed by atoms with Gasteiger partial charge in [0.25, 0.3) is 5.91 Å². The Bertz CT molecular complexity index is 524. The van der Waals surface area contributed by atoms with Crippen molar-refractivity contribution >= 4 is 11.9 Å². The molecule has 0 aliphatic heterocycles. The first-order valence-electron chi connectivity index (χ1n) is 7.59. The molecule has 2 N–H and O–H groups in total. The molecule has 6 heteroatoms. The van der Waals surface area contributed by atoms with Gasteiger partial charge in [0.05, 0.1) is 11.6 Å². The van der Waals surface area contributed by atoms with Gasteiger partial charge in [-0.15, -0.1) is 0 Å². The van der Waals surface area contributed by atoms with Crippen LogP contribution in [0.1, 0.15) is 55.2 Å². The second-order valence-corrected chi connectivity index (χ2v) is 5.66. The molecule has 0 saturated heterocycles. The number of amides is 1. The molecular weight excluding hydrogens is 270 g/mol. The van der Waals surface area contributed by atoms with Gasteiger partial charge in [0, 0.05) is 13.1 Å². The van der Waals surface area contributed by atoms with Crippen LogP contribution in [-0.2, 0) is 18.3 Å². The van der Waals surface area contributed by atoms with Gasteiger partial charge in [0.1, 0.15) is 5.69 Å². The van der Waals surface area contributed by atoms with E-state index in [4.69, 9.17) is 0 Å². The number of hydrogen-bond donors (Lipinski definition) is 2. The van der Waals surface area contributed by atoms with Gasteiger partial charge in [-0.1, -0.05) is 26.2 Å². The van der Waals surface area contributed by atoms with Gasteiger partial charge in [-0.25, -0.2) is 0 Å². The molecule has 21 heavy (non-hydrogen) atoms. The molecule has 0 bridgehead atoms. The molecule has 1 aromatic rings. The van der Waals surface area contributed by atoms with E-state index in [9.17, 15) is 14.7 Å². The number of nitrogens with zero attached hydrogens (tertiary/aromatic N) is 2. The van der Waals surface area contributed by atoms with Crippen LogP contribution < -0.4 is 5.32 Å². The summed E-state index contributed by atoms with van der Waals surface area (Å²) in [5, 5.41) is 16.5. The first-order chi connectivity index (χ1) is 10.0. The smallest absolute Gasteiger partial charge is 0.308 e. The van der Waals surface area contributed by atoms with E-state index in [1.807, 2.05) is 6.92 Å². The van der Waals surface area contributed by atoms with Crippen LogP contribution in [0, 0.1) is 5.92 Å². The number of rotatable bonds is 4. The average Bonchev–Trinajstić information content (AvgIpc) is 2.67. The highest BCUT2D eigenvalue weighted by atomic mass is 16.4. The lowest BCUT2D eigenvalue weighted by Crippen LogP contribution is -2.43. The second-order valence-electron chi connectivity index (χ2n) is 5.66. The summed E-state index contributed by atoms with van der Waals surface area (Å²) < 4.78 is 1.56. The maximum absolute atomic E-state index is 12.4.